The van der Waals surface area contributed by atoms with Gasteiger partial charge >= 0.3 is 0 Å². The van der Waals surface area contributed by atoms with Crippen LogP contribution in [0.15, 0.2) is 17.5 Å². The Bertz CT molecular complexity index is 295. The van der Waals surface area contributed by atoms with Gasteiger partial charge in [0.05, 0.1) is 0 Å². The summed E-state index contributed by atoms with van der Waals surface area (Å²) in [5.41, 5.74) is 0. The van der Waals surface area contributed by atoms with Gasteiger partial charge in [-0.3, -0.25) is 0 Å². The van der Waals surface area contributed by atoms with Gasteiger partial charge < -0.3 is 5.11 Å². The first-order valence-corrected chi connectivity index (χ1v) is 9.08. The van der Waals surface area contributed by atoms with Gasteiger partial charge in [-0.15, -0.1) is 11.3 Å². The largest absolute Gasteiger partial charge is 0.375 e. The monoisotopic (exact) mass is 380 g/mol. The standard InChI is InChI=1S/C15H25IOS/c1-2-3-4-5-6-7-8-9-12-15(16,17)14-11-10-13-18-14/h10-11,13,17H,2-9,12H2,1H3. The molecule has 18 heavy (non-hydrogen) atoms. The third-order valence-corrected chi connectivity index (χ3v) is 5.77. The molecular formula is C15H25IOS. The second kappa shape index (κ2) is 9.32. The lowest BCUT2D eigenvalue weighted by Crippen LogP contribution is -2.14. The van der Waals surface area contributed by atoms with E-state index in [1.807, 2.05) is 17.5 Å². The summed E-state index contributed by atoms with van der Waals surface area (Å²) in [7, 11) is 0. The number of rotatable bonds is 10. The Labute approximate surface area is 129 Å². The average molecular weight is 380 g/mol. The molecule has 0 saturated carbocycles. The van der Waals surface area contributed by atoms with Crippen LogP contribution in [-0.2, 0) is 3.61 Å². The lowest BCUT2D eigenvalue weighted by molar-refractivity contribution is 0.146. The van der Waals surface area contributed by atoms with E-state index in [-0.39, 0.29) is 0 Å². The molecule has 0 aliphatic carbocycles. The summed E-state index contributed by atoms with van der Waals surface area (Å²) in [5, 5.41) is 12.4. The van der Waals surface area contributed by atoms with Gasteiger partial charge in [-0.1, -0.05) is 57.9 Å². The lowest BCUT2D eigenvalue weighted by atomic mass is 10.1. The van der Waals surface area contributed by atoms with E-state index in [0.29, 0.717) is 0 Å². The molecule has 1 nitrogen and oxygen atoms in total. The molecular weight excluding hydrogens is 355 g/mol. The van der Waals surface area contributed by atoms with Crippen LogP contribution in [0.3, 0.4) is 0 Å². The summed E-state index contributed by atoms with van der Waals surface area (Å²) in [4.78, 5) is 1.09. The van der Waals surface area contributed by atoms with Gasteiger partial charge in [0, 0.05) is 4.88 Å². The van der Waals surface area contributed by atoms with E-state index in [1.54, 1.807) is 11.3 Å². The summed E-state index contributed by atoms with van der Waals surface area (Å²) in [6, 6.07) is 4.04. The quantitative estimate of drug-likeness (QED) is 0.306. The zero-order valence-corrected chi connectivity index (χ0v) is 14.3. The Hall–Kier alpha value is 0.390. The molecule has 0 saturated heterocycles. The van der Waals surface area contributed by atoms with Crippen molar-refractivity contribution in [3.63, 3.8) is 0 Å². The normalized spacial score (nSPS) is 14.6. The Morgan fingerprint density at radius 2 is 1.72 bits per heavy atom. The molecule has 0 aliphatic heterocycles. The fourth-order valence-electron chi connectivity index (χ4n) is 2.11. The van der Waals surface area contributed by atoms with Crippen LogP contribution in [0.4, 0.5) is 0 Å². The van der Waals surface area contributed by atoms with Crippen LogP contribution in [0.2, 0.25) is 0 Å². The SMILES string of the molecule is CCCCCCCCCCC(O)(I)c1cccs1. The van der Waals surface area contributed by atoms with E-state index in [2.05, 4.69) is 29.5 Å². The van der Waals surface area contributed by atoms with Crippen molar-refractivity contribution in [3.8, 4) is 0 Å². The molecule has 0 fully saturated rings. The minimum absolute atomic E-state index is 0.645. The van der Waals surface area contributed by atoms with E-state index in [9.17, 15) is 5.11 Å². The number of hydrogen-bond acceptors (Lipinski definition) is 2. The van der Waals surface area contributed by atoms with Crippen LogP contribution in [0.25, 0.3) is 0 Å². The number of halogens is 1. The van der Waals surface area contributed by atoms with E-state index in [0.717, 1.165) is 17.7 Å². The topological polar surface area (TPSA) is 20.2 Å². The highest BCUT2D eigenvalue weighted by Crippen LogP contribution is 2.37. The maximum atomic E-state index is 10.3. The molecule has 3 heteroatoms. The van der Waals surface area contributed by atoms with Gasteiger partial charge in [0.25, 0.3) is 0 Å². The van der Waals surface area contributed by atoms with Gasteiger partial charge in [-0.2, -0.15) is 0 Å². The molecule has 1 heterocycles. The molecule has 0 aromatic carbocycles. The second-order valence-corrected chi connectivity index (χ2v) is 7.69. The van der Waals surface area contributed by atoms with E-state index < -0.39 is 3.61 Å². The highest BCUT2D eigenvalue weighted by atomic mass is 127. The zero-order valence-electron chi connectivity index (χ0n) is 11.3. The van der Waals surface area contributed by atoms with Crippen molar-refractivity contribution in [1.29, 1.82) is 0 Å². The molecule has 1 atom stereocenters. The highest BCUT2D eigenvalue weighted by molar-refractivity contribution is 14.1. The summed E-state index contributed by atoms with van der Waals surface area (Å²) < 4.78 is -0.645. The summed E-state index contributed by atoms with van der Waals surface area (Å²) in [5.74, 6) is 0. The van der Waals surface area contributed by atoms with E-state index >= 15 is 0 Å². The number of alkyl halides is 1. The Kier molecular flexibility index (Phi) is 8.51. The van der Waals surface area contributed by atoms with Crippen molar-refractivity contribution in [1.82, 2.24) is 0 Å². The Morgan fingerprint density at radius 3 is 2.28 bits per heavy atom. The van der Waals surface area contributed by atoms with Gasteiger partial charge in [0.1, 0.15) is 3.61 Å². The van der Waals surface area contributed by atoms with Gasteiger partial charge in [-0.25, -0.2) is 0 Å². The van der Waals surface area contributed by atoms with Crippen LogP contribution in [-0.4, -0.2) is 5.11 Å². The van der Waals surface area contributed by atoms with E-state index in [1.165, 1.54) is 44.9 Å². The molecule has 0 radical (unpaired) electrons. The first-order chi connectivity index (χ1) is 8.67. The number of hydrogen-bond donors (Lipinski definition) is 1. The van der Waals surface area contributed by atoms with Crippen molar-refractivity contribution >= 4 is 33.9 Å². The first kappa shape index (κ1) is 16.4. The maximum Gasteiger partial charge on any atom is 0.150 e. The average Bonchev–Trinajstić information content (AvgIpc) is 2.87. The first-order valence-electron chi connectivity index (χ1n) is 7.12. The molecule has 1 N–H and O–H groups in total. The maximum absolute atomic E-state index is 10.3. The molecule has 0 spiro atoms. The molecule has 1 aromatic rings. The lowest BCUT2D eigenvalue weighted by Gasteiger charge is -2.19. The summed E-state index contributed by atoms with van der Waals surface area (Å²) >= 11 is 3.83. The molecule has 0 aliphatic rings. The van der Waals surface area contributed by atoms with E-state index in [4.69, 9.17) is 0 Å². The molecule has 1 rings (SSSR count). The van der Waals surface area contributed by atoms with Crippen molar-refractivity contribution in [2.24, 2.45) is 0 Å². The minimum Gasteiger partial charge on any atom is -0.375 e. The third-order valence-electron chi connectivity index (χ3n) is 3.26. The van der Waals surface area contributed by atoms with Gasteiger partial charge in [-0.05, 0) is 46.9 Å². The van der Waals surface area contributed by atoms with Crippen molar-refractivity contribution in [3.05, 3.63) is 22.4 Å². The van der Waals surface area contributed by atoms with Crippen LogP contribution >= 0.6 is 33.9 Å². The smallest absolute Gasteiger partial charge is 0.150 e. The zero-order chi connectivity index (χ0) is 13.3. The minimum atomic E-state index is -0.645. The van der Waals surface area contributed by atoms with Crippen LogP contribution in [0, 0.1) is 0 Å². The summed E-state index contributed by atoms with van der Waals surface area (Å²) in [6.07, 6.45) is 11.4. The van der Waals surface area contributed by atoms with Crippen molar-refractivity contribution in [2.75, 3.05) is 0 Å². The van der Waals surface area contributed by atoms with Crippen LogP contribution in [0.5, 0.6) is 0 Å². The number of aliphatic hydroxyl groups is 1. The Morgan fingerprint density at radius 1 is 1.11 bits per heavy atom. The fourth-order valence-corrected chi connectivity index (χ4v) is 3.80. The molecule has 1 aromatic heterocycles. The van der Waals surface area contributed by atoms with Crippen LogP contribution < -0.4 is 0 Å². The molecule has 0 bridgehead atoms. The van der Waals surface area contributed by atoms with Crippen LogP contribution in [0.1, 0.15) is 69.6 Å². The summed E-state index contributed by atoms with van der Waals surface area (Å²) in [6.45, 7) is 2.26. The van der Waals surface area contributed by atoms with Gasteiger partial charge in [0.15, 0.2) is 0 Å². The van der Waals surface area contributed by atoms with Crippen molar-refractivity contribution in [2.45, 2.75) is 68.3 Å². The Balaban J connectivity index is 2.04. The predicted octanol–water partition coefficient (Wildman–Crippen LogP) is 5.86. The van der Waals surface area contributed by atoms with Gasteiger partial charge in [0.2, 0.25) is 0 Å². The number of thiophene rings is 1. The third kappa shape index (κ3) is 6.53. The highest BCUT2D eigenvalue weighted by Gasteiger charge is 2.25. The predicted molar refractivity (Wildman–Crippen MR) is 89.5 cm³/mol. The molecule has 0 amide bonds. The van der Waals surface area contributed by atoms with Crippen molar-refractivity contribution < 1.29 is 5.11 Å². The number of unbranched alkanes of at least 4 members (excludes halogenated alkanes) is 7. The molecule has 104 valence electrons. The molecule has 1 unspecified atom stereocenters. The fraction of sp³-hybridized carbons (Fsp3) is 0.733. The second-order valence-electron chi connectivity index (χ2n) is 4.96.